The third-order valence-corrected chi connectivity index (χ3v) is 4.38. The fourth-order valence-corrected chi connectivity index (χ4v) is 3.09. The molecule has 0 aliphatic heterocycles. The molecule has 27 heavy (non-hydrogen) atoms. The Morgan fingerprint density at radius 3 is 2.37 bits per heavy atom. The number of rotatable bonds is 5. The Kier molecular flexibility index (Phi) is 5.31. The third-order valence-electron chi connectivity index (χ3n) is 4.38. The molecule has 0 saturated carbocycles. The van der Waals surface area contributed by atoms with Gasteiger partial charge in [0.2, 0.25) is 0 Å². The fraction of sp³-hybridized carbons (Fsp3) is 0.273. The number of aromatic nitrogens is 1. The van der Waals surface area contributed by atoms with Crippen molar-refractivity contribution in [1.82, 2.24) is 5.16 Å². The number of carbonyl (C=O) groups excluding carboxylic acids is 1. The van der Waals surface area contributed by atoms with E-state index in [0.717, 1.165) is 28.1 Å². The average Bonchev–Trinajstić information content (AvgIpc) is 2.94. The van der Waals surface area contributed by atoms with E-state index in [1.54, 1.807) is 6.92 Å². The van der Waals surface area contributed by atoms with Crippen molar-refractivity contribution < 1.29 is 14.1 Å². The largest absolute Gasteiger partial charge is 0.488 e. The first-order valence-electron chi connectivity index (χ1n) is 8.88. The molecule has 0 atom stereocenters. The van der Waals surface area contributed by atoms with Crippen LogP contribution in [-0.2, 0) is 6.61 Å². The second-order valence-electron chi connectivity index (χ2n) is 6.95. The van der Waals surface area contributed by atoms with Gasteiger partial charge in [0.25, 0.3) is 5.91 Å². The molecular formula is C22H24N2O3. The lowest BCUT2D eigenvalue weighted by molar-refractivity contribution is 0.101. The van der Waals surface area contributed by atoms with E-state index in [0.29, 0.717) is 11.3 Å². The molecular weight excluding hydrogens is 340 g/mol. The summed E-state index contributed by atoms with van der Waals surface area (Å²) in [5, 5.41) is 6.83. The number of nitrogens with one attached hydrogen (secondary N) is 1. The molecule has 1 aromatic heterocycles. The van der Waals surface area contributed by atoms with E-state index in [2.05, 4.69) is 22.6 Å². The summed E-state index contributed by atoms with van der Waals surface area (Å²) in [7, 11) is 0. The van der Waals surface area contributed by atoms with Crippen molar-refractivity contribution in [3.8, 4) is 5.75 Å². The summed E-state index contributed by atoms with van der Waals surface area (Å²) in [5.41, 5.74) is 6.02. The topological polar surface area (TPSA) is 64.4 Å². The summed E-state index contributed by atoms with van der Waals surface area (Å²) in [5.74, 6) is 1.04. The Bertz CT molecular complexity index is 969. The number of amides is 1. The van der Waals surface area contributed by atoms with E-state index in [1.165, 1.54) is 5.56 Å². The van der Waals surface area contributed by atoms with Crippen LogP contribution in [0.15, 0.2) is 40.9 Å². The van der Waals surface area contributed by atoms with Gasteiger partial charge in [-0.15, -0.1) is 0 Å². The number of anilines is 1. The first-order valence-corrected chi connectivity index (χ1v) is 8.88. The first kappa shape index (κ1) is 18.7. The minimum absolute atomic E-state index is 0.217. The quantitative estimate of drug-likeness (QED) is 0.688. The van der Waals surface area contributed by atoms with Crippen molar-refractivity contribution in [3.63, 3.8) is 0 Å². The molecule has 1 N–H and O–H groups in total. The van der Waals surface area contributed by atoms with E-state index in [1.807, 2.05) is 52.0 Å². The Labute approximate surface area is 159 Å². The first-order chi connectivity index (χ1) is 12.8. The van der Waals surface area contributed by atoms with Crippen LogP contribution in [0.5, 0.6) is 5.75 Å². The lowest BCUT2D eigenvalue weighted by Gasteiger charge is -2.10. The maximum atomic E-state index is 12.7. The second-order valence-corrected chi connectivity index (χ2v) is 6.95. The van der Waals surface area contributed by atoms with Gasteiger partial charge in [-0.05, 0) is 69.5 Å². The molecule has 0 bridgehead atoms. The standard InChI is InChI=1S/C22H24N2O3/c1-13-6-7-20(16(4)9-13)26-12-19-17(5)27-24-21(19)22(25)23-18-10-14(2)8-15(3)11-18/h6-11H,12H2,1-5H3,(H,23,25). The molecule has 3 aromatic rings. The van der Waals surface area contributed by atoms with Gasteiger partial charge in [-0.3, -0.25) is 4.79 Å². The summed E-state index contributed by atoms with van der Waals surface area (Å²) in [4.78, 5) is 12.7. The van der Waals surface area contributed by atoms with E-state index in [-0.39, 0.29) is 18.2 Å². The van der Waals surface area contributed by atoms with Crippen molar-refractivity contribution in [2.24, 2.45) is 0 Å². The summed E-state index contributed by atoms with van der Waals surface area (Å²) in [6.45, 7) is 10.0. The molecule has 0 spiro atoms. The highest BCUT2D eigenvalue weighted by molar-refractivity contribution is 6.04. The summed E-state index contributed by atoms with van der Waals surface area (Å²) < 4.78 is 11.2. The minimum atomic E-state index is -0.309. The van der Waals surface area contributed by atoms with Crippen LogP contribution in [0.4, 0.5) is 5.69 Å². The molecule has 0 aliphatic carbocycles. The number of ether oxygens (including phenoxy) is 1. The molecule has 3 rings (SSSR count). The Hall–Kier alpha value is -3.08. The van der Waals surface area contributed by atoms with Crippen LogP contribution < -0.4 is 10.1 Å². The number of nitrogens with zero attached hydrogens (tertiary/aromatic N) is 1. The molecule has 2 aromatic carbocycles. The van der Waals surface area contributed by atoms with E-state index in [9.17, 15) is 4.79 Å². The zero-order chi connectivity index (χ0) is 19.6. The number of carbonyl (C=O) groups is 1. The number of benzene rings is 2. The van der Waals surface area contributed by atoms with E-state index in [4.69, 9.17) is 9.26 Å². The van der Waals surface area contributed by atoms with Gasteiger partial charge >= 0.3 is 0 Å². The Balaban J connectivity index is 1.78. The predicted octanol–water partition coefficient (Wildman–Crippen LogP) is 5.05. The SMILES string of the molecule is Cc1cc(C)cc(NC(=O)c2noc(C)c2COc2ccc(C)cc2C)c1. The second kappa shape index (κ2) is 7.66. The van der Waals surface area contributed by atoms with Crippen molar-refractivity contribution in [3.05, 3.63) is 75.7 Å². The number of hydrogen-bond acceptors (Lipinski definition) is 4. The van der Waals surface area contributed by atoms with Crippen LogP contribution in [0.3, 0.4) is 0 Å². The molecule has 0 fully saturated rings. The van der Waals surface area contributed by atoms with Crippen LogP contribution >= 0.6 is 0 Å². The third kappa shape index (κ3) is 4.37. The molecule has 0 aliphatic rings. The summed E-state index contributed by atoms with van der Waals surface area (Å²) in [6, 6.07) is 11.9. The van der Waals surface area contributed by atoms with Gasteiger partial charge in [0.05, 0.1) is 5.56 Å². The smallest absolute Gasteiger partial charge is 0.278 e. The predicted molar refractivity (Wildman–Crippen MR) is 105 cm³/mol. The van der Waals surface area contributed by atoms with Crippen LogP contribution in [0, 0.1) is 34.6 Å². The highest BCUT2D eigenvalue weighted by Gasteiger charge is 2.21. The van der Waals surface area contributed by atoms with Gasteiger partial charge < -0.3 is 14.6 Å². The van der Waals surface area contributed by atoms with Gasteiger partial charge in [-0.25, -0.2) is 0 Å². The van der Waals surface area contributed by atoms with Crippen LogP contribution in [-0.4, -0.2) is 11.1 Å². The van der Waals surface area contributed by atoms with Gasteiger partial charge in [-0.1, -0.05) is 28.9 Å². The van der Waals surface area contributed by atoms with Crippen LogP contribution in [0.2, 0.25) is 0 Å². The van der Waals surface area contributed by atoms with Gasteiger partial charge in [0, 0.05) is 5.69 Å². The number of hydrogen-bond donors (Lipinski definition) is 1. The van der Waals surface area contributed by atoms with Crippen molar-refractivity contribution in [1.29, 1.82) is 0 Å². The maximum Gasteiger partial charge on any atom is 0.278 e. The van der Waals surface area contributed by atoms with Crippen molar-refractivity contribution >= 4 is 11.6 Å². The van der Waals surface area contributed by atoms with Crippen molar-refractivity contribution in [2.75, 3.05) is 5.32 Å². The van der Waals surface area contributed by atoms with Crippen LogP contribution in [0.25, 0.3) is 0 Å². The Morgan fingerprint density at radius 2 is 1.70 bits per heavy atom. The van der Waals surface area contributed by atoms with Crippen molar-refractivity contribution in [2.45, 2.75) is 41.2 Å². The molecule has 140 valence electrons. The maximum absolute atomic E-state index is 12.7. The lowest BCUT2D eigenvalue weighted by Crippen LogP contribution is -2.15. The summed E-state index contributed by atoms with van der Waals surface area (Å²) >= 11 is 0. The fourth-order valence-electron chi connectivity index (χ4n) is 3.09. The molecule has 0 saturated heterocycles. The zero-order valence-corrected chi connectivity index (χ0v) is 16.3. The number of aryl methyl sites for hydroxylation is 5. The normalized spacial score (nSPS) is 10.7. The van der Waals surface area contributed by atoms with Crippen LogP contribution in [0.1, 0.15) is 44.1 Å². The van der Waals surface area contributed by atoms with E-state index >= 15 is 0 Å². The zero-order valence-electron chi connectivity index (χ0n) is 16.3. The summed E-state index contributed by atoms with van der Waals surface area (Å²) in [6.07, 6.45) is 0. The highest BCUT2D eigenvalue weighted by Crippen LogP contribution is 2.23. The highest BCUT2D eigenvalue weighted by atomic mass is 16.5. The lowest BCUT2D eigenvalue weighted by atomic mass is 10.1. The molecule has 5 heteroatoms. The van der Waals surface area contributed by atoms with Gasteiger partial charge in [0.1, 0.15) is 18.1 Å². The average molecular weight is 364 g/mol. The molecule has 0 radical (unpaired) electrons. The Morgan fingerprint density at radius 1 is 1.00 bits per heavy atom. The molecule has 5 nitrogen and oxygen atoms in total. The van der Waals surface area contributed by atoms with E-state index < -0.39 is 0 Å². The van der Waals surface area contributed by atoms with Gasteiger partial charge in [0.15, 0.2) is 5.69 Å². The molecule has 1 amide bonds. The molecule has 0 unspecified atom stereocenters. The molecule has 1 heterocycles. The van der Waals surface area contributed by atoms with Gasteiger partial charge in [-0.2, -0.15) is 0 Å². The monoisotopic (exact) mass is 364 g/mol. The minimum Gasteiger partial charge on any atom is -0.488 e.